The van der Waals surface area contributed by atoms with Gasteiger partial charge in [0.1, 0.15) is 11.9 Å². The molecule has 1 atom stereocenters. The molecule has 0 bridgehead atoms. The van der Waals surface area contributed by atoms with Gasteiger partial charge in [0.25, 0.3) is 0 Å². The zero-order valence-electron chi connectivity index (χ0n) is 8.38. The number of carbonyl (C=O) groups is 1. The molecule has 0 fully saturated rings. The first kappa shape index (κ1) is 10.8. The van der Waals surface area contributed by atoms with Crippen LogP contribution in [0.2, 0.25) is 0 Å². The van der Waals surface area contributed by atoms with Gasteiger partial charge < -0.3 is 16.6 Å². The molecule has 6 heteroatoms. The van der Waals surface area contributed by atoms with Crippen molar-refractivity contribution in [2.24, 2.45) is 5.73 Å². The van der Waals surface area contributed by atoms with Gasteiger partial charge in [0.2, 0.25) is 0 Å². The molecule has 2 rings (SSSR count). The number of hydrogen-bond acceptors (Lipinski definition) is 5. The molecule has 1 unspecified atom stereocenters. The molecule has 0 amide bonds. The Balaban J connectivity index is 2.33. The molecule has 0 saturated heterocycles. The van der Waals surface area contributed by atoms with E-state index in [9.17, 15) is 4.79 Å². The highest BCUT2D eigenvalue weighted by Crippen LogP contribution is 2.28. The van der Waals surface area contributed by atoms with Gasteiger partial charge in [-0.2, -0.15) is 0 Å². The Kier molecular flexibility index (Phi) is 2.76. The van der Waals surface area contributed by atoms with E-state index in [1.165, 1.54) is 11.3 Å². The average molecular weight is 237 g/mol. The summed E-state index contributed by atoms with van der Waals surface area (Å²) < 4.78 is 1.00. The fourth-order valence-electron chi connectivity index (χ4n) is 1.44. The fourth-order valence-corrected chi connectivity index (χ4v) is 2.57. The van der Waals surface area contributed by atoms with Gasteiger partial charge >= 0.3 is 5.97 Å². The van der Waals surface area contributed by atoms with Gasteiger partial charge in [-0.1, -0.05) is 0 Å². The van der Waals surface area contributed by atoms with Crippen LogP contribution in [-0.4, -0.2) is 22.1 Å². The minimum absolute atomic E-state index is 0.314. The lowest BCUT2D eigenvalue weighted by molar-refractivity contribution is -0.138. The summed E-state index contributed by atoms with van der Waals surface area (Å²) in [4.78, 5) is 15.5. The summed E-state index contributed by atoms with van der Waals surface area (Å²) in [5, 5.41) is 9.58. The SMILES string of the molecule is Nc1nccc2sc(CC(N)C(=O)O)cc12. The number of nitrogens with zero attached hydrogens (tertiary/aromatic N) is 1. The molecule has 0 spiro atoms. The van der Waals surface area contributed by atoms with Crippen molar-refractivity contribution in [3.63, 3.8) is 0 Å². The van der Waals surface area contributed by atoms with Crippen LogP contribution in [0.5, 0.6) is 0 Å². The van der Waals surface area contributed by atoms with Gasteiger partial charge in [-0.3, -0.25) is 4.79 Å². The molecule has 0 aliphatic carbocycles. The summed E-state index contributed by atoms with van der Waals surface area (Å²) in [6.07, 6.45) is 1.95. The number of hydrogen-bond donors (Lipinski definition) is 3. The van der Waals surface area contributed by atoms with Crippen molar-refractivity contribution in [2.75, 3.05) is 5.73 Å². The lowest BCUT2D eigenvalue weighted by atomic mass is 10.2. The summed E-state index contributed by atoms with van der Waals surface area (Å²) in [6, 6.07) is 2.83. The predicted molar refractivity (Wildman–Crippen MR) is 63.3 cm³/mol. The van der Waals surface area contributed by atoms with Crippen molar-refractivity contribution in [1.29, 1.82) is 0 Å². The number of carboxylic acids is 1. The van der Waals surface area contributed by atoms with Gasteiger partial charge in [-0.25, -0.2) is 4.98 Å². The Labute approximate surface area is 95.7 Å². The molecule has 16 heavy (non-hydrogen) atoms. The molecule has 5 nitrogen and oxygen atoms in total. The Morgan fingerprint density at radius 1 is 1.62 bits per heavy atom. The van der Waals surface area contributed by atoms with Crippen LogP contribution in [0.25, 0.3) is 10.1 Å². The van der Waals surface area contributed by atoms with Gasteiger partial charge in [0.15, 0.2) is 0 Å². The van der Waals surface area contributed by atoms with Crippen LogP contribution in [0.4, 0.5) is 5.82 Å². The molecular formula is C10H11N3O2S. The Morgan fingerprint density at radius 2 is 2.38 bits per heavy atom. The van der Waals surface area contributed by atoms with Gasteiger partial charge in [-0.15, -0.1) is 11.3 Å². The summed E-state index contributed by atoms with van der Waals surface area (Å²) in [6.45, 7) is 0. The largest absolute Gasteiger partial charge is 0.480 e. The number of rotatable bonds is 3. The Hall–Kier alpha value is -1.66. The predicted octanol–water partition coefficient (Wildman–Crippen LogP) is 0.833. The topological polar surface area (TPSA) is 102 Å². The van der Waals surface area contributed by atoms with Crippen molar-refractivity contribution < 1.29 is 9.90 Å². The fraction of sp³-hybridized carbons (Fsp3) is 0.200. The molecule has 5 N–H and O–H groups in total. The maximum Gasteiger partial charge on any atom is 0.320 e. The first-order chi connectivity index (χ1) is 7.58. The van der Waals surface area contributed by atoms with Crippen LogP contribution in [0.15, 0.2) is 18.3 Å². The number of fused-ring (bicyclic) bond motifs is 1. The number of aromatic nitrogens is 1. The van der Waals surface area contributed by atoms with Crippen LogP contribution < -0.4 is 11.5 Å². The van der Waals surface area contributed by atoms with Crippen molar-refractivity contribution >= 4 is 33.2 Å². The van der Waals surface area contributed by atoms with Crippen molar-refractivity contribution in [3.05, 3.63) is 23.2 Å². The third-order valence-electron chi connectivity index (χ3n) is 2.27. The molecular weight excluding hydrogens is 226 g/mol. The van der Waals surface area contributed by atoms with Crippen LogP contribution in [0.3, 0.4) is 0 Å². The highest BCUT2D eigenvalue weighted by molar-refractivity contribution is 7.19. The summed E-state index contributed by atoms with van der Waals surface area (Å²) in [5.41, 5.74) is 11.2. The zero-order chi connectivity index (χ0) is 11.7. The average Bonchev–Trinajstić information content (AvgIpc) is 2.61. The normalized spacial score (nSPS) is 12.8. The maximum atomic E-state index is 10.6. The molecule has 0 aromatic carbocycles. The number of nitrogen functional groups attached to an aromatic ring is 1. The second kappa shape index (κ2) is 4.07. The summed E-state index contributed by atoms with van der Waals surface area (Å²) in [7, 11) is 0. The molecule has 84 valence electrons. The summed E-state index contributed by atoms with van der Waals surface area (Å²) >= 11 is 1.49. The van der Waals surface area contributed by atoms with E-state index in [1.807, 2.05) is 12.1 Å². The smallest absolute Gasteiger partial charge is 0.320 e. The molecule has 0 aliphatic rings. The Bertz CT molecular complexity index is 538. The lowest BCUT2D eigenvalue weighted by Gasteiger charge is -2.02. The van der Waals surface area contributed by atoms with Crippen LogP contribution >= 0.6 is 11.3 Å². The number of aliphatic carboxylic acids is 1. The van der Waals surface area contributed by atoms with E-state index in [2.05, 4.69) is 4.98 Å². The molecule has 0 saturated carbocycles. The first-order valence-electron chi connectivity index (χ1n) is 4.69. The van der Waals surface area contributed by atoms with E-state index < -0.39 is 12.0 Å². The monoisotopic (exact) mass is 237 g/mol. The van der Waals surface area contributed by atoms with E-state index in [0.29, 0.717) is 12.2 Å². The van der Waals surface area contributed by atoms with Crippen molar-refractivity contribution in [3.8, 4) is 0 Å². The minimum atomic E-state index is -0.997. The van der Waals surface area contributed by atoms with Gasteiger partial charge in [0, 0.05) is 27.6 Å². The van der Waals surface area contributed by atoms with E-state index in [0.717, 1.165) is 15.0 Å². The second-order valence-corrected chi connectivity index (χ2v) is 4.64. The molecule has 0 radical (unpaired) electrons. The van der Waals surface area contributed by atoms with Crippen molar-refractivity contribution in [2.45, 2.75) is 12.5 Å². The summed E-state index contributed by atoms with van der Waals surface area (Å²) in [5.74, 6) is -0.535. The van der Waals surface area contributed by atoms with Crippen LogP contribution in [0.1, 0.15) is 4.88 Å². The van der Waals surface area contributed by atoms with E-state index in [4.69, 9.17) is 16.6 Å². The number of nitrogens with two attached hydrogens (primary N) is 2. The van der Waals surface area contributed by atoms with Crippen LogP contribution in [-0.2, 0) is 11.2 Å². The number of thiophene rings is 1. The Morgan fingerprint density at radius 3 is 3.00 bits per heavy atom. The maximum absolute atomic E-state index is 10.6. The third-order valence-corrected chi connectivity index (χ3v) is 3.39. The van der Waals surface area contributed by atoms with Gasteiger partial charge in [0.05, 0.1) is 0 Å². The quantitative estimate of drug-likeness (QED) is 0.733. The van der Waals surface area contributed by atoms with E-state index >= 15 is 0 Å². The lowest BCUT2D eigenvalue weighted by Crippen LogP contribution is -2.31. The zero-order valence-corrected chi connectivity index (χ0v) is 9.20. The van der Waals surface area contributed by atoms with E-state index in [1.54, 1.807) is 6.20 Å². The number of anilines is 1. The standard InChI is InChI=1S/C10H11N3O2S/c11-7(10(14)15)4-5-3-6-8(16-5)1-2-13-9(6)12/h1-3,7H,4,11H2,(H2,12,13)(H,14,15). The first-order valence-corrected chi connectivity index (χ1v) is 5.51. The molecule has 2 aromatic rings. The second-order valence-electron chi connectivity index (χ2n) is 3.47. The number of carboxylic acid groups (broad SMARTS) is 1. The molecule has 0 aliphatic heterocycles. The highest BCUT2D eigenvalue weighted by Gasteiger charge is 2.14. The van der Waals surface area contributed by atoms with Crippen LogP contribution in [0, 0.1) is 0 Å². The van der Waals surface area contributed by atoms with Gasteiger partial charge in [-0.05, 0) is 12.1 Å². The highest BCUT2D eigenvalue weighted by atomic mass is 32.1. The number of pyridine rings is 1. The van der Waals surface area contributed by atoms with Crippen molar-refractivity contribution in [1.82, 2.24) is 4.98 Å². The molecule has 2 heterocycles. The third kappa shape index (κ3) is 1.98. The minimum Gasteiger partial charge on any atom is -0.480 e. The molecule has 2 aromatic heterocycles. The van der Waals surface area contributed by atoms with E-state index in [-0.39, 0.29) is 0 Å².